The highest BCUT2D eigenvalue weighted by molar-refractivity contribution is 5.82. The summed E-state index contributed by atoms with van der Waals surface area (Å²) in [6.07, 6.45) is 8.75. The van der Waals surface area contributed by atoms with E-state index in [1.807, 2.05) is 44.6 Å². The fraction of sp³-hybridized carbons (Fsp3) is 0.523. The molecule has 15 nitrogen and oxygen atoms in total. The summed E-state index contributed by atoms with van der Waals surface area (Å²) in [5.74, 6) is -0.722. The van der Waals surface area contributed by atoms with Crippen molar-refractivity contribution in [2.45, 2.75) is 71.1 Å². The molecule has 3 aromatic heterocycles. The fourth-order valence-corrected chi connectivity index (χ4v) is 7.43. The molecule has 1 atom stereocenters. The van der Waals surface area contributed by atoms with Gasteiger partial charge in [-0.15, -0.1) is 0 Å². The summed E-state index contributed by atoms with van der Waals surface area (Å²) in [5.41, 5.74) is 5.22. The van der Waals surface area contributed by atoms with Crippen LogP contribution in [0.15, 0.2) is 59.8 Å². The molecule has 0 spiro atoms. The lowest BCUT2D eigenvalue weighted by molar-refractivity contribution is -0.131. The largest absolute Gasteiger partial charge is 0.489 e. The van der Waals surface area contributed by atoms with Gasteiger partial charge in [-0.3, -0.25) is 24.5 Å². The average molecular weight is 832 g/mol. The number of aromatic nitrogens is 3. The molecule has 2 fully saturated rings. The third kappa shape index (κ3) is 12.9. The average Bonchev–Trinajstić information content (AvgIpc) is 4.08. The number of hydrogen-bond acceptors (Lipinski definition) is 11. The SMILES string of the molecule is Cc1ccc(N2CCC[C@H](N(Cc3ccnc(C)c3)Cc3cn(C4CC4)c4cc(OCCN(C)C(=O)CCOCCOCCOCCNC(=O)O)c(F)cc4c3=O)C2)cn1. The lowest BCUT2D eigenvalue weighted by atomic mass is 10.0. The van der Waals surface area contributed by atoms with Crippen LogP contribution in [0.1, 0.15) is 60.7 Å². The smallest absolute Gasteiger partial charge is 0.404 e. The number of carboxylic acid groups (broad SMARTS) is 1. The molecule has 1 saturated carbocycles. The molecule has 1 aromatic carbocycles. The Morgan fingerprint density at radius 2 is 1.70 bits per heavy atom. The topological polar surface area (TPSA) is 161 Å². The molecule has 0 bridgehead atoms. The van der Waals surface area contributed by atoms with Crippen molar-refractivity contribution in [2.75, 3.05) is 84.4 Å². The number of carbonyl (C=O) groups excluding carboxylic acids is 1. The molecule has 1 aliphatic carbocycles. The first-order valence-corrected chi connectivity index (χ1v) is 20.8. The van der Waals surface area contributed by atoms with Crippen LogP contribution in [-0.2, 0) is 32.1 Å². The molecule has 4 heterocycles. The monoisotopic (exact) mass is 831 g/mol. The van der Waals surface area contributed by atoms with Crippen LogP contribution in [0.25, 0.3) is 10.9 Å². The van der Waals surface area contributed by atoms with Crippen LogP contribution in [0, 0.1) is 19.7 Å². The number of piperidine rings is 1. The number of anilines is 1. The zero-order valence-corrected chi connectivity index (χ0v) is 34.9. The summed E-state index contributed by atoms with van der Waals surface area (Å²) in [6, 6.07) is 11.6. The number of ether oxygens (including phenoxy) is 4. The van der Waals surface area contributed by atoms with Crippen LogP contribution >= 0.6 is 0 Å². The number of nitrogens with zero attached hydrogens (tertiary/aromatic N) is 6. The van der Waals surface area contributed by atoms with Crippen LogP contribution in [0.3, 0.4) is 0 Å². The Hall–Kier alpha value is -5.16. The highest BCUT2D eigenvalue weighted by atomic mass is 19.1. The molecule has 2 N–H and O–H groups in total. The number of hydrogen-bond donors (Lipinski definition) is 2. The van der Waals surface area contributed by atoms with Gasteiger partial charge in [0.05, 0.1) is 70.0 Å². The normalized spacial score (nSPS) is 15.4. The van der Waals surface area contributed by atoms with Crippen molar-refractivity contribution in [3.63, 3.8) is 0 Å². The molecule has 1 saturated heterocycles. The second kappa shape index (κ2) is 21.9. The minimum atomic E-state index is -1.09. The lowest BCUT2D eigenvalue weighted by Gasteiger charge is -2.40. The molecule has 4 aromatic rings. The summed E-state index contributed by atoms with van der Waals surface area (Å²) in [7, 11) is 1.66. The summed E-state index contributed by atoms with van der Waals surface area (Å²) in [5, 5.41) is 11.1. The van der Waals surface area contributed by atoms with Crippen molar-refractivity contribution in [3.05, 3.63) is 93.5 Å². The number of pyridine rings is 3. The second-order valence-electron chi connectivity index (χ2n) is 15.5. The quantitative estimate of drug-likeness (QED) is 0.0955. The molecule has 324 valence electrons. The predicted octanol–water partition coefficient (Wildman–Crippen LogP) is 5.10. The standard InChI is InChI=1S/C44H58FN7O8/c1-31-6-7-36(26-48-31)50-14-4-5-37(30-50)51(27-33-10-12-46-32(2)23-33)28-34-29-52(35-8-9-35)40-25-41(39(45)24-38(40)43(34)54)60-18-15-49(3)42(53)11-16-57-19-21-59-22-20-58-17-13-47-44(55)56/h6-7,10,12,23-26,29,35,37,47H,4-5,8-9,11,13-22,27-28,30H2,1-3H3,(H,55,56)/t37-/m0/s1. The molecule has 0 unspecified atom stereocenters. The minimum Gasteiger partial charge on any atom is -0.489 e. The molecule has 2 aliphatic rings. The Balaban J connectivity index is 1.05. The highest BCUT2D eigenvalue weighted by Crippen LogP contribution is 2.38. The summed E-state index contributed by atoms with van der Waals surface area (Å²) < 4.78 is 39.9. The van der Waals surface area contributed by atoms with Crippen molar-refractivity contribution in [1.29, 1.82) is 0 Å². The summed E-state index contributed by atoms with van der Waals surface area (Å²) in [4.78, 5) is 52.6. The van der Waals surface area contributed by atoms with Crippen molar-refractivity contribution < 1.29 is 38.0 Å². The van der Waals surface area contributed by atoms with Gasteiger partial charge in [-0.1, -0.05) is 0 Å². The predicted molar refractivity (Wildman–Crippen MR) is 225 cm³/mol. The first-order chi connectivity index (χ1) is 29.0. The third-order valence-corrected chi connectivity index (χ3v) is 10.8. The number of benzene rings is 1. The number of nitrogens with one attached hydrogen (secondary N) is 1. The van der Waals surface area contributed by atoms with Crippen LogP contribution in [0.5, 0.6) is 5.75 Å². The molecule has 60 heavy (non-hydrogen) atoms. The van der Waals surface area contributed by atoms with Crippen LogP contribution in [0.2, 0.25) is 0 Å². The van der Waals surface area contributed by atoms with E-state index in [9.17, 15) is 14.4 Å². The van der Waals surface area contributed by atoms with Gasteiger partial charge in [0.25, 0.3) is 0 Å². The van der Waals surface area contributed by atoms with Crippen LogP contribution < -0.4 is 20.4 Å². The molecule has 6 rings (SSSR count). The molecule has 2 amide bonds. The Kier molecular flexibility index (Phi) is 16.2. The molecular formula is C44H58FN7O8. The van der Waals surface area contributed by atoms with Gasteiger partial charge in [0.2, 0.25) is 5.91 Å². The Labute approximate surface area is 350 Å². The van der Waals surface area contributed by atoms with E-state index in [2.05, 4.69) is 41.8 Å². The number of carbonyl (C=O) groups is 2. The number of halogens is 1. The Bertz CT molecular complexity index is 2100. The van der Waals surface area contributed by atoms with Gasteiger partial charge < -0.3 is 43.7 Å². The van der Waals surface area contributed by atoms with E-state index in [0.717, 1.165) is 61.4 Å². The number of likely N-dealkylation sites (N-methyl/N-ethyl adjacent to an activating group) is 1. The zero-order chi connectivity index (χ0) is 42.4. The van der Waals surface area contributed by atoms with Gasteiger partial charge in [0.15, 0.2) is 17.0 Å². The van der Waals surface area contributed by atoms with Crippen LogP contribution in [0.4, 0.5) is 14.9 Å². The van der Waals surface area contributed by atoms with E-state index >= 15 is 4.39 Å². The third-order valence-electron chi connectivity index (χ3n) is 10.8. The molecule has 0 radical (unpaired) electrons. The Morgan fingerprint density at radius 1 is 0.933 bits per heavy atom. The number of aryl methyl sites for hydroxylation is 2. The second-order valence-corrected chi connectivity index (χ2v) is 15.5. The van der Waals surface area contributed by atoms with E-state index in [0.29, 0.717) is 56.0 Å². The maximum atomic E-state index is 15.7. The zero-order valence-electron chi connectivity index (χ0n) is 34.9. The van der Waals surface area contributed by atoms with Gasteiger partial charge in [-0.2, -0.15) is 0 Å². The fourth-order valence-electron chi connectivity index (χ4n) is 7.43. The van der Waals surface area contributed by atoms with E-state index in [1.165, 1.54) is 11.0 Å². The van der Waals surface area contributed by atoms with Gasteiger partial charge in [-0.25, -0.2) is 9.18 Å². The highest BCUT2D eigenvalue weighted by Gasteiger charge is 2.30. The number of rotatable bonds is 23. The van der Waals surface area contributed by atoms with Crippen LogP contribution in [-0.4, -0.2) is 127 Å². The summed E-state index contributed by atoms with van der Waals surface area (Å²) in [6.45, 7) is 9.08. The molecule has 1 aliphatic heterocycles. The summed E-state index contributed by atoms with van der Waals surface area (Å²) >= 11 is 0. The van der Waals surface area contributed by atoms with Crippen molar-refractivity contribution >= 4 is 28.6 Å². The van der Waals surface area contributed by atoms with Gasteiger partial charge in [0, 0.05) is 92.7 Å². The van der Waals surface area contributed by atoms with Crippen molar-refractivity contribution in [3.8, 4) is 5.75 Å². The van der Waals surface area contributed by atoms with E-state index in [1.54, 1.807) is 13.1 Å². The van der Waals surface area contributed by atoms with E-state index < -0.39 is 11.9 Å². The number of amides is 2. The van der Waals surface area contributed by atoms with Gasteiger partial charge in [0.1, 0.15) is 6.61 Å². The maximum Gasteiger partial charge on any atom is 0.404 e. The molecular weight excluding hydrogens is 774 g/mol. The Morgan fingerprint density at radius 3 is 2.42 bits per heavy atom. The van der Waals surface area contributed by atoms with E-state index in [-0.39, 0.29) is 68.5 Å². The number of fused-ring (bicyclic) bond motifs is 1. The van der Waals surface area contributed by atoms with Crippen molar-refractivity contribution in [2.24, 2.45) is 0 Å². The van der Waals surface area contributed by atoms with Gasteiger partial charge >= 0.3 is 6.09 Å². The minimum absolute atomic E-state index is 0.0399. The first-order valence-electron chi connectivity index (χ1n) is 20.8. The lowest BCUT2D eigenvalue weighted by Crippen LogP contribution is -2.48. The maximum absolute atomic E-state index is 15.7. The van der Waals surface area contributed by atoms with E-state index in [4.69, 9.17) is 24.1 Å². The van der Waals surface area contributed by atoms with Crippen molar-refractivity contribution in [1.82, 2.24) is 29.7 Å². The molecule has 16 heteroatoms. The first kappa shape index (κ1) is 44.4. The van der Waals surface area contributed by atoms with Gasteiger partial charge in [-0.05, 0) is 75.4 Å².